The number of hydrogen-bond donors (Lipinski definition) is 4. The van der Waals surface area contributed by atoms with Gasteiger partial charge in [-0.05, 0) is 12.8 Å². The molecule has 4 N–H and O–H groups in total. The van der Waals surface area contributed by atoms with Crippen LogP contribution in [-0.2, 0) is 18.2 Å². The van der Waals surface area contributed by atoms with Gasteiger partial charge >= 0.3 is 15.6 Å². The molecular weight excluding hydrogens is 598 g/mol. The summed E-state index contributed by atoms with van der Waals surface area (Å²) in [4.78, 5) is 34.0. The zero-order valence-corrected chi connectivity index (χ0v) is 30.7. The highest BCUT2D eigenvalue weighted by Gasteiger charge is 2.13. The first kappa shape index (κ1) is 46.3. The summed E-state index contributed by atoms with van der Waals surface area (Å²) in [6.45, 7) is 4.84. The van der Waals surface area contributed by atoms with Crippen LogP contribution in [0.5, 0.6) is 0 Å². The van der Waals surface area contributed by atoms with Crippen LogP contribution in [0.4, 0.5) is 0 Å². The Morgan fingerprint density at radius 2 is 0.477 bits per heavy atom. The first-order chi connectivity index (χ1) is 21.1. The van der Waals surface area contributed by atoms with Crippen molar-refractivity contribution in [2.75, 3.05) is 13.2 Å². The van der Waals surface area contributed by atoms with Gasteiger partial charge in [0.05, 0.1) is 13.2 Å². The highest BCUT2D eigenvalue weighted by Crippen LogP contribution is 2.36. The van der Waals surface area contributed by atoms with Crippen LogP contribution >= 0.6 is 15.6 Å². The van der Waals surface area contributed by atoms with Crippen molar-refractivity contribution in [2.24, 2.45) is 0 Å². The van der Waals surface area contributed by atoms with Gasteiger partial charge in [-0.25, -0.2) is 9.13 Å². The van der Waals surface area contributed by atoms with Gasteiger partial charge in [0, 0.05) is 0 Å². The van der Waals surface area contributed by atoms with Gasteiger partial charge in [-0.15, -0.1) is 0 Å². The Hall–Kier alpha value is 0.220. The van der Waals surface area contributed by atoms with E-state index in [1.54, 1.807) is 0 Å². The van der Waals surface area contributed by atoms with E-state index >= 15 is 0 Å². The fourth-order valence-corrected chi connectivity index (χ4v) is 6.05. The molecule has 0 bridgehead atoms. The summed E-state index contributed by atoms with van der Waals surface area (Å²) in [7, 11) is -8.50. The Bertz CT molecular complexity index is 639. The second-order valence-electron chi connectivity index (χ2n) is 12.5. The zero-order valence-electron chi connectivity index (χ0n) is 28.9. The molecule has 0 saturated heterocycles. The van der Waals surface area contributed by atoms with Crippen molar-refractivity contribution < 1.29 is 37.8 Å². The molecule has 0 radical (unpaired) electrons. The lowest BCUT2D eigenvalue weighted by molar-refractivity contribution is 0.191. The maximum atomic E-state index is 10.5. The molecule has 0 fully saturated rings. The first-order valence-corrected chi connectivity index (χ1v) is 21.6. The molecule has 0 rings (SSSR count). The van der Waals surface area contributed by atoms with Crippen molar-refractivity contribution in [3.8, 4) is 0 Å². The van der Waals surface area contributed by atoms with E-state index in [4.69, 9.17) is 19.6 Å². The van der Waals surface area contributed by atoms with Crippen molar-refractivity contribution in [2.45, 2.75) is 206 Å². The molecule has 0 spiro atoms. The van der Waals surface area contributed by atoms with E-state index in [0.29, 0.717) is 0 Å². The molecule has 0 atom stereocenters. The van der Waals surface area contributed by atoms with Crippen molar-refractivity contribution in [3.63, 3.8) is 0 Å². The van der Waals surface area contributed by atoms with E-state index in [1.165, 1.54) is 154 Å². The summed E-state index contributed by atoms with van der Waals surface area (Å²) >= 11 is 0. The third-order valence-electron chi connectivity index (χ3n) is 8.01. The van der Waals surface area contributed by atoms with Gasteiger partial charge in [-0.3, -0.25) is 9.05 Å². The predicted molar refractivity (Wildman–Crippen MR) is 186 cm³/mol. The summed E-state index contributed by atoms with van der Waals surface area (Å²) in [5.41, 5.74) is 0. The third kappa shape index (κ3) is 49.1. The monoisotopic (exact) mass is 672 g/mol. The van der Waals surface area contributed by atoms with Gasteiger partial charge in [0.1, 0.15) is 0 Å². The highest BCUT2D eigenvalue weighted by molar-refractivity contribution is 7.46. The molecule has 10 heteroatoms. The van der Waals surface area contributed by atoms with Crippen LogP contribution < -0.4 is 0 Å². The van der Waals surface area contributed by atoms with E-state index in [0.717, 1.165) is 38.5 Å². The highest BCUT2D eigenvalue weighted by atomic mass is 31.2. The Labute approximate surface area is 272 Å². The predicted octanol–water partition coefficient (Wildman–Crippen LogP) is 11.9. The largest absolute Gasteiger partial charge is 0.469 e. The Balaban J connectivity index is 0. The van der Waals surface area contributed by atoms with Gasteiger partial charge in [0.25, 0.3) is 0 Å². The van der Waals surface area contributed by atoms with Crippen LogP contribution in [0.1, 0.15) is 206 Å². The fourth-order valence-electron chi connectivity index (χ4n) is 5.31. The molecule has 0 aromatic rings. The summed E-state index contributed by atoms with van der Waals surface area (Å²) in [5, 5.41) is 0. The van der Waals surface area contributed by atoms with E-state index in [-0.39, 0.29) is 13.2 Å². The molecule has 0 unspecified atom stereocenters. The van der Waals surface area contributed by atoms with Crippen molar-refractivity contribution in [1.82, 2.24) is 0 Å². The SMILES string of the molecule is CCCCCCCCCCCCCCCCCCCCCCOP(=O)(O)O.CCCCCCCCCCCCOP(=O)(O)O. The van der Waals surface area contributed by atoms with Gasteiger partial charge in [-0.2, -0.15) is 0 Å². The quantitative estimate of drug-likeness (QED) is 0.0392. The van der Waals surface area contributed by atoms with Crippen LogP contribution in [0.15, 0.2) is 0 Å². The van der Waals surface area contributed by atoms with E-state index < -0.39 is 15.6 Å². The normalized spacial score (nSPS) is 12.0. The van der Waals surface area contributed by atoms with Gasteiger partial charge < -0.3 is 19.6 Å². The first-order valence-electron chi connectivity index (χ1n) is 18.5. The molecule has 0 aliphatic carbocycles. The maximum absolute atomic E-state index is 10.5. The van der Waals surface area contributed by atoms with Crippen molar-refractivity contribution >= 4 is 15.6 Å². The van der Waals surface area contributed by atoms with E-state index in [1.807, 2.05) is 0 Å². The molecule has 0 aromatic heterocycles. The van der Waals surface area contributed by atoms with Crippen molar-refractivity contribution in [1.29, 1.82) is 0 Å². The molecular formula is C34H74O8P2. The number of phosphoric acid groups is 2. The lowest BCUT2D eigenvalue weighted by atomic mass is 10.0. The lowest BCUT2D eigenvalue weighted by Crippen LogP contribution is -1.92. The maximum Gasteiger partial charge on any atom is 0.469 e. The summed E-state index contributed by atoms with van der Waals surface area (Å²) in [5.74, 6) is 0. The second-order valence-corrected chi connectivity index (χ2v) is 15.0. The molecule has 0 heterocycles. The smallest absolute Gasteiger partial charge is 0.303 e. The van der Waals surface area contributed by atoms with Gasteiger partial charge in [-0.1, -0.05) is 194 Å². The molecule has 0 amide bonds. The van der Waals surface area contributed by atoms with Gasteiger partial charge in [0.2, 0.25) is 0 Å². The summed E-state index contributed by atoms with van der Waals surface area (Å²) < 4.78 is 29.7. The van der Waals surface area contributed by atoms with Crippen LogP contribution in [0.3, 0.4) is 0 Å². The molecule has 44 heavy (non-hydrogen) atoms. The Kier molecular flexibility index (Phi) is 38.0. The molecule has 0 aliphatic heterocycles. The topological polar surface area (TPSA) is 134 Å². The fraction of sp³-hybridized carbons (Fsp3) is 1.00. The number of phosphoric ester groups is 2. The van der Waals surface area contributed by atoms with E-state index in [2.05, 4.69) is 22.9 Å². The number of rotatable bonds is 34. The Morgan fingerprint density at radius 3 is 0.636 bits per heavy atom. The van der Waals surface area contributed by atoms with Crippen LogP contribution in [0.2, 0.25) is 0 Å². The summed E-state index contributed by atoms with van der Waals surface area (Å²) in [6.07, 6.45) is 38.6. The average Bonchev–Trinajstić information content (AvgIpc) is 2.96. The standard InChI is InChI=1S/C22H47O4P.C12H27O4P/c1-2-3-4-5-6-7-8-9-10-11-12-13-14-15-16-17-18-19-20-21-22-26-27(23,24)25;1-2-3-4-5-6-7-8-9-10-11-12-16-17(13,14)15/h2-22H2,1H3,(H2,23,24,25);2-12H2,1H3,(H2,13,14,15). The molecule has 0 aromatic carbocycles. The summed E-state index contributed by atoms with van der Waals surface area (Å²) in [6, 6.07) is 0. The third-order valence-corrected chi connectivity index (χ3v) is 9.05. The average molecular weight is 673 g/mol. The molecule has 268 valence electrons. The second kappa shape index (κ2) is 36.1. The molecule has 0 aliphatic rings. The van der Waals surface area contributed by atoms with Gasteiger partial charge in [0.15, 0.2) is 0 Å². The number of hydrogen-bond acceptors (Lipinski definition) is 4. The minimum absolute atomic E-state index is 0.167. The van der Waals surface area contributed by atoms with Crippen LogP contribution in [0.25, 0.3) is 0 Å². The lowest BCUT2D eigenvalue weighted by Gasteiger charge is -2.05. The van der Waals surface area contributed by atoms with Crippen LogP contribution in [0, 0.1) is 0 Å². The number of unbranched alkanes of at least 4 members (excludes halogenated alkanes) is 28. The Morgan fingerprint density at radius 1 is 0.318 bits per heavy atom. The minimum Gasteiger partial charge on any atom is -0.303 e. The molecule has 8 nitrogen and oxygen atoms in total. The van der Waals surface area contributed by atoms with Crippen LogP contribution in [-0.4, -0.2) is 32.8 Å². The van der Waals surface area contributed by atoms with E-state index in [9.17, 15) is 9.13 Å². The van der Waals surface area contributed by atoms with Crippen molar-refractivity contribution in [3.05, 3.63) is 0 Å². The minimum atomic E-state index is -4.26. The zero-order chi connectivity index (χ0) is 33.0. The molecule has 0 saturated carbocycles.